The van der Waals surface area contributed by atoms with Crippen LogP contribution >= 0.6 is 0 Å². The maximum Gasteiger partial charge on any atom is 0.0893 e. The van der Waals surface area contributed by atoms with Crippen molar-refractivity contribution in [2.24, 2.45) is 0 Å². The number of benzene rings is 1. The summed E-state index contributed by atoms with van der Waals surface area (Å²) in [6.45, 7) is 0. The molecule has 1 radical (unpaired) electrons. The Balaban J connectivity index is 0.000000216. The Kier molecular flexibility index (Phi) is 7.18. The maximum atomic E-state index is 12.0. The van der Waals surface area contributed by atoms with E-state index in [0.717, 1.165) is 50.9 Å². The van der Waals surface area contributed by atoms with Gasteiger partial charge in [-0.1, -0.05) is 0 Å². The van der Waals surface area contributed by atoms with Gasteiger partial charge in [0.05, 0.1) is 51.9 Å². The van der Waals surface area contributed by atoms with E-state index in [-0.39, 0.29) is 16.8 Å². The Labute approximate surface area is 211 Å². The van der Waals surface area contributed by atoms with E-state index in [1.54, 1.807) is 0 Å². The van der Waals surface area contributed by atoms with Crippen molar-refractivity contribution in [3.63, 3.8) is 0 Å². The predicted molar refractivity (Wildman–Crippen MR) is 124 cm³/mol. The van der Waals surface area contributed by atoms with E-state index in [1.165, 1.54) is 0 Å². The molecule has 0 atom stereocenters. The second kappa shape index (κ2) is 10.3. The Morgan fingerprint density at radius 3 is 1.28 bits per heavy atom. The SMILES string of the molecule is C1=Cc2cc3ccc(cc4ccc(cc5nc(cc1n2)C=C5)[nH]4)[nH]3.Fc1[c-]c(F)c(F)c(F)c1F.[Co]. The minimum Gasteiger partial charge on any atom is -0.355 e. The van der Waals surface area contributed by atoms with Crippen LogP contribution in [0.5, 0.6) is 0 Å². The van der Waals surface area contributed by atoms with Crippen molar-refractivity contribution >= 4 is 46.4 Å². The van der Waals surface area contributed by atoms with Crippen molar-refractivity contribution in [3.8, 4) is 0 Å². The van der Waals surface area contributed by atoms with E-state index >= 15 is 0 Å². The normalized spacial score (nSPS) is 11.6. The van der Waals surface area contributed by atoms with Gasteiger partial charge in [0.15, 0.2) is 0 Å². The molecule has 2 N–H and O–H groups in total. The molecule has 0 spiro atoms. The zero-order valence-corrected chi connectivity index (χ0v) is 19.1. The fourth-order valence-electron chi connectivity index (χ4n) is 3.44. The Hall–Kier alpha value is -4.02. The fraction of sp³-hybridized carbons (Fsp3) is 0. The summed E-state index contributed by atoms with van der Waals surface area (Å²) in [4.78, 5) is 16.0. The summed E-state index contributed by atoms with van der Waals surface area (Å²) >= 11 is 0. The van der Waals surface area contributed by atoms with E-state index in [1.807, 2.05) is 42.5 Å². The van der Waals surface area contributed by atoms with Crippen molar-refractivity contribution in [1.82, 2.24) is 19.9 Å². The van der Waals surface area contributed by atoms with Gasteiger partial charge in [0.2, 0.25) is 0 Å². The monoisotopic (exact) mass is 536 g/mol. The molecule has 0 saturated carbocycles. The third kappa shape index (κ3) is 5.45. The van der Waals surface area contributed by atoms with Crippen molar-refractivity contribution in [2.75, 3.05) is 0 Å². The first kappa shape index (κ1) is 25.1. The standard InChI is InChI=1S/C20H14N4.C6F5.Co/c1-2-14-10-16-5-6-18(23-16)12-20-8-7-19(24-20)11-17-4-3-15(22-17)9-13(1)21-14;7-2-1-3(8)5(10)6(11)4(2)9;/h1-12,21-22H;;/q;-1;. The molecule has 8 bridgehead atoms. The first-order valence-corrected chi connectivity index (χ1v) is 10.3. The van der Waals surface area contributed by atoms with Crippen LogP contribution in [-0.4, -0.2) is 19.9 Å². The van der Waals surface area contributed by atoms with Gasteiger partial charge in [-0.05, 0) is 72.8 Å². The van der Waals surface area contributed by atoms with Crippen LogP contribution in [0, 0.1) is 35.2 Å². The molecule has 0 fully saturated rings. The summed E-state index contributed by atoms with van der Waals surface area (Å²) in [5, 5.41) is 0. The van der Waals surface area contributed by atoms with Crippen LogP contribution in [-0.2, 0) is 16.8 Å². The molecule has 4 aromatic rings. The van der Waals surface area contributed by atoms with Crippen molar-refractivity contribution < 1.29 is 38.7 Å². The first-order chi connectivity index (χ1) is 16.8. The molecule has 5 heterocycles. The molecular weight excluding hydrogens is 522 g/mol. The quantitative estimate of drug-likeness (QED) is 0.0968. The number of aromatic amines is 2. The van der Waals surface area contributed by atoms with Gasteiger partial charge in [-0.3, -0.25) is 8.78 Å². The Bertz CT molecular complexity index is 1560. The summed E-state index contributed by atoms with van der Waals surface area (Å²) < 4.78 is 59.9. The van der Waals surface area contributed by atoms with Gasteiger partial charge in [-0.15, -0.1) is 6.07 Å². The topological polar surface area (TPSA) is 57.4 Å². The summed E-state index contributed by atoms with van der Waals surface area (Å²) in [5.74, 6) is -10.0. The third-order valence-electron chi connectivity index (χ3n) is 5.03. The number of aromatic nitrogens is 4. The first-order valence-electron chi connectivity index (χ1n) is 10.3. The molecule has 183 valence electrons. The van der Waals surface area contributed by atoms with Crippen molar-refractivity contribution in [2.45, 2.75) is 0 Å². The molecule has 0 amide bonds. The number of fused-ring (bicyclic) bond motifs is 8. The molecule has 10 heteroatoms. The summed E-state index contributed by atoms with van der Waals surface area (Å²) in [6.07, 6.45) is 8.05. The van der Waals surface area contributed by atoms with Crippen molar-refractivity contribution in [1.29, 1.82) is 0 Å². The Morgan fingerprint density at radius 1 is 0.500 bits per heavy atom. The van der Waals surface area contributed by atoms with Crippen molar-refractivity contribution in [3.05, 3.63) is 106 Å². The van der Waals surface area contributed by atoms with Crippen LogP contribution in [0.15, 0.2) is 48.5 Å². The second-order valence-electron chi connectivity index (χ2n) is 7.60. The van der Waals surface area contributed by atoms with E-state index in [9.17, 15) is 22.0 Å². The Morgan fingerprint density at radius 2 is 0.861 bits per heavy atom. The number of halogens is 5. The van der Waals surface area contributed by atoms with Gasteiger partial charge >= 0.3 is 0 Å². The molecule has 6 rings (SSSR count). The van der Waals surface area contributed by atoms with Gasteiger partial charge in [0, 0.05) is 38.8 Å². The summed E-state index contributed by atoms with van der Waals surface area (Å²) in [6, 6.07) is 17.4. The second-order valence-corrected chi connectivity index (χ2v) is 7.60. The largest absolute Gasteiger partial charge is 0.355 e. The van der Waals surface area contributed by atoms with Crippen LogP contribution in [0.1, 0.15) is 22.8 Å². The minimum atomic E-state index is -2.17. The molecule has 0 aliphatic carbocycles. The van der Waals surface area contributed by atoms with E-state index in [0.29, 0.717) is 0 Å². The summed E-state index contributed by atoms with van der Waals surface area (Å²) in [5.41, 5.74) is 7.86. The molecule has 1 aromatic carbocycles. The maximum absolute atomic E-state index is 12.0. The average Bonchev–Trinajstić information content (AvgIpc) is 3.63. The molecule has 0 saturated heterocycles. The van der Waals surface area contributed by atoms with Crippen LogP contribution in [0.25, 0.3) is 46.4 Å². The van der Waals surface area contributed by atoms with Crippen LogP contribution < -0.4 is 0 Å². The number of hydrogen-bond donors (Lipinski definition) is 2. The van der Waals surface area contributed by atoms with Gasteiger partial charge in [0.1, 0.15) is 0 Å². The zero-order chi connectivity index (χ0) is 24.5. The van der Waals surface area contributed by atoms with E-state index in [4.69, 9.17) is 0 Å². The van der Waals surface area contributed by atoms with Crippen LogP contribution in [0.4, 0.5) is 22.0 Å². The van der Waals surface area contributed by atoms with Gasteiger partial charge < -0.3 is 9.97 Å². The number of hydrogen-bond acceptors (Lipinski definition) is 2. The number of rotatable bonds is 0. The van der Waals surface area contributed by atoms with E-state index < -0.39 is 29.1 Å². The minimum absolute atomic E-state index is 0. The predicted octanol–water partition coefficient (Wildman–Crippen LogP) is 6.84. The number of nitrogens with zero attached hydrogens (tertiary/aromatic N) is 2. The van der Waals surface area contributed by atoms with Gasteiger partial charge in [-0.25, -0.2) is 23.1 Å². The summed E-state index contributed by atoms with van der Waals surface area (Å²) in [7, 11) is 0. The molecule has 0 unspecified atom stereocenters. The number of H-pyrrole nitrogens is 2. The van der Waals surface area contributed by atoms with Gasteiger partial charge in [-0.2, -0.15) is 0 Å². The van der Waals surface area contributed by atoms with E-state index in [2.05, 4.69) is 50.3 Å². The third-order valence-corrected chi connectivity index (χ3v) is 5.03. The molecule has 2 aliphatic rings. The smallest absolute Gasteiger partial charge is 0.0893 e. The average molecular weight is 536 g/mol. The molecule has 4 nitrogen and oxygen atoms in total. The van der Waals surface area contributed by atoms with Crippen LogP contribution in [0.2, 0.25) is 0 Å². The van der Waals surface area contributed by atoms with Gasteiger partial charge in [0.25, 0.3) is 0 Å². The fourth-order valence-corrected chi connectivity index (χ4v) is 3.44. The molecule has 36 heavy (non-hydrogen) atoms. The number of nitrogens with one attached hydrogen (secondary N) is 2. The molecule has 2 aliphatic heterocycles. The molecular formula is C26H14CoF5N4-. The van der Waals surface area contributed by atoms with Crippen LogP contribution in [0.3, 0.4) is 0 Å². The zero-order valence-electron chi connectivity index (χ0n) is 18.0. The molecule has 3 aromatic heterocycles.